The molecule has 3 aromatic rings. The Morgan fingerprint density at radius 2 is 1.92 bits per heavy atom. The lowest BCUT2D eigenvalue weighted by Crippen LogP contribution is -2.01. The van der Waals surface area contributed by atoms with E-state index in [2.05, 4.69) is 36.6 Å². The molecule has 0 bridgehead atoms. The monoisotopic (exact) mass is 484 g/mol. The van der Waals surface area contributed by atoms with Crippen molar-refractivity contribution in [2.75, 3.05) is 0 Å². The predicted octanol–water partition coefficient (Wildman–Crippen LogP) is 6.64. The van der Waals surface area contributed by atoms with Crippen molar-refractivity contribution in [2.45, 2.75) is 19.8 Å². The first-order chi connectivity index (χ1) is 12.3. The summed E-state index contributed by atoms with van der Waals surface area (Å²) >= 11 is 6.89. The average Bonchev–Trinajstić information content (AvgIpc) is 2.94. The van der Waals surface area contributed by atoms with Crippen LogP contribution in [0.3, 0.4) is 0 Å². The Labute approximate surface area is 165 Å². The zero-order valence-corrected chi connectivity index (χ0v) is 16.9. The molecule has 0 saturated carbocycles. The summed E-state index contributed by atoms with van der Waals surface area (Å²) in [6.07, 6.45) is -1.46. The summed E-state index contributed by atoms with van der Waals surface area (Å²) in [5, 5.41) is 19.3. The minimum absolute atomic E-state index is 0.135. The quantitative estimate of drug-likeness (QED) is 0.403. The Morgan fingerprint density at radius 1 is 1.19 bits per heavy atom. The van der Waals surface area contributed by atoms with Crippen molar-refractivity contribution >= 4 is 49.0 Å². The number of benzene rings is 2. The molecule has 1 aromatic heterocycles. The van der Waals surface area contributed by atoms with Gasteiger partial charge in [0.25, 0.3) is 5.95 Å². The topological polar surface area (TPSA) is 89.1 Å². The van der Waals surface area contributed by atoms with Gasteiger partial charge < -0.3 is 24.1 Å². The van der Waals surface area contributed by atoms with Crippen LogP contribution in [0, 0.1) is 0 Å². The zero-order valence-electron chi connectivity index (χ0n) is 13.7. The molecule has 2 N–H and O–H groups in total. The number of fused-ring (bicyclic) bond motifs is 1. The standard InChI is InChI=1S/C18H14Br2O6/c1-8(2)10-5-9(3-4-13(10)21)24-17-12(19)7-14-11(16(17)20)6-15(25-14)26-18(22)23/h3-8,21H,1-2H3,(H,22,23). The highest BCUT2D eigenvalue weighted by Gasteiger charge is 2.18. The fourth-order valence-electron chi connectivity index (χ4n) is 2.47. The predicted molar refractivity (Wildman–Crippen MR) is 103 cm³/mol. The molecule has 0 fully saturated rings. The molecule has 0 amide bonds. The molecule has 1 heterocycles. The Kier molecular flexibility index (Phi) is 5.15. The van der Waals surface area contributed by atoms with Crippen molar-refractivity contribution in [1.82, 2.24) is 0 Å². The van der Waals surface area contributed by atoms with E-state index in [1.165, 1.54) is 6.07 Å². The SMILES string of the molecule is CC(C)c1cc(Oc2c(Br)cc3oc(OC(=O)O)cc3c2Br)ccc1O. The highest BCUT2D eigenvalue weighted by molar-refractivity contribution is 9.11. The van der Waals surface area contributed by atoms with Crippen molar-refractivity contribution in [3.63, 3.8) is 0 Å². The number of phenolic OH excluding ortho intramolecular Hbond substituents is 1. The Morgan fingerprint density at radius 3 is 2.58 bits per heavy atom. The van der Waals surface area contributed by atoms with Crippen molar-refractivity contribution in [3.8, 4) is 23.2 Å². The minimum Gasteiger partial charge on any atom is -0.508 e. The largest absolute Gasteiger partial charge is 0.513 e. The molecule has 2 aromatic carbocycles. The van der Waals surface area contributed by atoms with Gasteiger partial charge in [0, 0.05) is 17.0 Å². The van der Waals surface area contributed by atoms with E-state index >= 15 is 0 Å². The fraction of sp³-hybridized carbons (Fsp3) is 0.167. The highest BCUT2D eigenvalue weighted by Crippen LogP contribution is 2.44. The summed E-state index contributed by atoms with van der Waals surface area (Å²) in [5.41, 5.74) is 1.21. The number of halogens is 2. The number of furan rings is 1. The van der Waals surface area contributed by atoms with Gasteiger partial charge in [0.05, 0.1) is 8.95 Å². The molecule has 6 nitrogen and oxygen atoms in total. The molecule has 0 aliphatic rings. The number of hydrogen-bond acceptors (Lipinski definition) is 5. The Balaban J connectivity index is 2.02. The Hall–Kier alpha value is -2.19. The van der Waals surface area contributed by atoms with Gasteiger partial charge in [0.1, 0.15) is 17.1 Å². The van der Waals surface area contributed by atoms with Crippen LogP contribution in [0.25, 0.3) is 11.0 Å². The molecular weight excluding hydrogens is 472 g/mol. The molecule has 0 aliphatic carbocycles. The van der Waals surface area contributed by atoms with Crippen LogP contribution >= 0.6 is 31.9 Å². The van der Waals surface area contributed by atoms with E-state index in [9.17, 15) is 9.90 Å². The maximum absolute atomic E-state index is 10.7. The second-order valence-corrected chi connectivity index (χ2v) is 7.47. The van der Waals surface area contributed by atoms with Gasteiger partial charge in [-0.1, -0.05) is 13.8 Å². The number of carboxylic acid groups (broad SMARTS) is 1. The van der Waals surface area contributed by atoms with Gasteiger partial charge in [0.15, 0.2) is 5.75 Å². The molecule has 136 valence electrons. The molecule has 0 saturated heterocycles. The van der Waals surface area contributed by atoms with E-state index in [1.54, 1.807) is 24.3 Å². The number of aromatic hydroxyl groups is 1. The van der Waals surface area contributed by atoms with E-state index in [0.29, 0.717) is 31.4 Å². The second kappa shape index (κ2) is 7.20. The van der Waals surface area contributed by atoms with Crippen molar-refractivity contribution in [2.24, 2.45) is 0 Å². The third kappa shape index (κ3) is 3.66. The van der Waals surface area contributed by atoms with Crippen molar-refractivity contribution < 1.29 is 28.9 Å². The number of hydrogen-bond donors (Lipinski definition) is 2. The first kappa shape index (κ1) is 18.6. The summed E-state index contributed by atoms with van der Waals surface area (Å²) < 4.78 is 17.1. The molecule has 0 unspecified atom stereocenters. The summed E-state index contributed by atoms with van der Waals surface area (Å²) in [7, 11) is 0. The zero-order chi connectivity index (χ0) is 19.0. The third-order valence-corrected chi connectivity index (χ3v) is 5.05. The third-order valence-electron chi connectivity index (χ3n) is 3.68. The number of carbonyl (C=O) groups is 1. The van der Waals surface area contributed by atoms with Crippen LogP contribution in [0.1, 0.15) is 25.3 Å². The van der Waals surface area contributed by atoms with Gasteiger partial charge in [-0.05, 0) is 62.0 Å². The van der Waals surface area contributed by atoms with Crippen LogP contribution in [-0.4, -0.2) is 16.4 Å². The Bertz CT molecular complexity index is 993. The second-order valence-electron chi connectivity index (χ2n) is 5.82. The van der Waals surface area contributed by atoms with E-state index in [1.807, 2.05) is 13.8 Å². The van der Waals surface area contributed by atoms with Gasteiger partial charge in [-0.25, -0.2) is 4.79 Å². The fourth-order valence-corrected chi connectivity index (χ4v) is 3.83. The lowest BCUT2D eigenvalue weighted by atomic mass is 10.0. The first-order valence-electron chi connectivity index (χ1n) is 7.59. The van der Waals surface area contributed by atoms with Gasteiger partial charge >= 0.3 is 6.16 Å². The summed E-state index contributed by atoms with van der Waals surface area (Å²) in [4.78, 5) is 10.7. The summed E-state index contributed by atoms with van der Waals surface area (Å²) in [6.45, 7) is 3.96. The van der Waals surface area contributed by atoms with Gasteiger partial charge in [-0.15, -0.1) is 0 Å². The maximum atomic E-state index is 10.7. The van der Waals surface area contributed by atoms with Crippen LogP contribution < -0.4 is 9.47 Å². The van der Waals surface area contributed by atoms with Crippen LogP contribution in [0.2, 0.25) is 0 Å². The van der Waals surface area contributed by atoms with E-state index in [4.69, 9.17) is 14.3 Å². The van der Waals surface area contributed by atoms with E-state index in [-0.39, 0.29) is 17.6 Å². The lowest BCUT2D eigenvalue weighted by Gasteiger charge is -2.14. The van der Waals surface area contributed by atoms with Gasteiger partial charge in [-0.2, -0.15) is 0 Å². The normalized spacial score (nSPS) is 11.1. The summed E-state index contributed by atoms with van der Waals surface area (Å²) in [5.74, 6) is 1.26. The van der Waals surface area contributed by atoms with Crippen molar-refractivity contribution in [3.05, 3.63) is 44.8 Å². The van der Waals surface area contributed by atoms with Gasteiger partial charge in [0.2, 0.25) is 0 Å². The van der Waals surface area contributed by atoms with E-state index < -0.39 is 6.16 Å². The molecule has 0 radical (unpaired) electrons. The maximum Gasteiger partial charge on any atom is 0.513 e. The lowest BCUT2D eigenvalue weighted by molar-refractivity contribution is 0.134. The van der Waals surface area contributed by atoms with Crippen LogP contribution in [0.5, 0.6) is 23.2 Å². The molecular formula is C18H14Br2O6. The van der Waals surface area contributed by atoms with Crippen LogP contribution in [0.4, 0.5) is 4.79 Å². The number of ether oxygens (including phenoxy) is 2. The molecule has 0 atom stereocenters. The highest BCUT2D eigenvalue weighted by atomic mass is 79.9. The summed E-state index contributed by atoms with van der Waals surface area (Å²) in [6, 6.07) is 8.15. The molecule has 8 heteroatoms. The van der Waals surface area contributed by atoms with Crippen LogP contribution in [0.15, 0.2) is 43.7 Å². The van der Waals surface area contributed by atoms with E-state index in [0.717, 1.165) is 5.56 Å². The number of phenols is 1. The molecule has 0 aliphatic heterocycles. The first-order valence-corrected chi connectivity index (χ1v) is 9.18. The van der Waals surface area contributed by atoms with Gasteiger partial charge in [-0.3, -0.25) is 0 Å². The number of rotatable bonds is 4. The molecule has 26 heavy (non-hydrogen) atoms. The minimum atomic E-state index is -1.46. The molecule has 0 spiro atoms. The van der Waals surface area contributed by atoms with Crippen LogP contribution in [-0.2, 0) is 0 Å². The molecule has 3 rings (SSSR count). The average molecular weight is 486 g/mol. The smallest absolute Gasteiger partial charge is 0.508 e. The van der Waals surface area contributed by atoms with Crippen molar-refractivity contribution in [1.29, 1.82) is 0 Å².